The van der Waals surface area contributed by atoms with Gasteiger partial charge in [0.05, 0.1) is 19.3 Å². The molecule has 0 bridgehead atoms. The third-order valence-electron chi connectivity index (χ3n) is 3.39. The summed E-state index contributed by atoms with van der Waals surface area (Å²) in [6, 6.07) is 14.9. The van der Waals surface area contributed by atoms with Crippen molar-refractivity contribution in [2.75, 3.05) is 19.5 Å². The number of ether oxygens (including phenoxy) is 3. The van der Waals surface area contributed by atoms with Crippen LogP contribution in [-0.2, 0) is 15.5 Å². The summed E-state index contributed by atoms with van der Waals surface area (Å²) in [6.45, 7) is 11.3. The lowest BCUT2D eigenvalue weighted by molar-refractivity contribution is 0.0599. The minimum atomic E-state index is -0.439. The quantitative estimate of drug-likeness (QED) is 0.253. The molecule has 1 atom stereocenters. The fraction of sp³-hybridized carbons (Fsp3) is 0.458. The lowest BCUT2D eigenvalue weighted by Gasteiger charge is -2.16. The van der Waals surface area contributed by atoms with Gasteiger partial charge >= 0.3 is 5.97 Å². The maximum absolute atomic E-state index is 11.9. The van der Waals surface area contributed by atoms with Gasteiger partial charge in [-0.1, -0.05) is 58.0 Å². The first-order chi connectivity index (χ1) is 14.3. The highest BCUT2D eigenvalue weighted by Crippen LogP contribution is 2.25. The van der Waals surface area contributed by atoms with E-state index in [1.165, 1.54) is 19.2 Å². The predicted octanol–water partition coefficient (Wildman–Crippen LogP) is 6.17. The number of esters is 1. The molecule has 0 aliphatic rings. The van der Waals surface area contributed by atoms with Crippen LogP contribution in [0, 0.1) is 5.92 Å². The molecule has 0 aromatic heterocycles. The molecular formula is C24H34O5S. The van der Waals surface area contributed by atoms with Crippen LogP contribution in [0.25, 0.3) is 0 Å². The molecule has 2 aromatic carbocycles. The summed E-state index contributed by atoms with van der Waals surface area (Å²) < 4.78 is 21.9. The van der Waals surface area contributed by atoms with Crippen LogP contribution in [0.3, 0.4) is 0 Å². The maximum Gasteiger partial charge on any atom is 0.338 e. The van der Waals surface area contributed by atoms with E-state index < -0.39 is 5.97 Å². The van der Waals surface area contributed by atoms with Crippen LogP contribution in [-0.4, -0.2) is 31.5 Å². The largest absolute Gasteiger partial charge is 0.489 e. The zero-order chi connectivity index (χ0) is 22.4. The van der Waals surface area contributed by atoms with E-state index in [0.29, 0.717) is 30.3 Å². The number of rotatable bonds is 10. The normalized spacial score (nSPS) is 11.3. The van der Waals surface area contributed by atoms with Gasteiger partial charge in [0.2, 0.25) is 0 Å². The van der Waals surface area contributed by atoms with E-state index in [1.807, 2.05) is 44.2 Å². The molecule has 5 nitrogen and oxygen atoms in total. The summed E-state index contributed by atoms with van der Waals surface area (Å²) in [5.74, 6) is 2.35. The highest BCUT2D eigenvalue weighted by molar-refractivity contribution is 7.94. The molecule has 2 rings (SSSR count). The lowest BCUT2D eigenvalue weighted by Crippen LogP contribution is -2.18. The van der Waals surface area contributed by atoms with E-state index in [0.717, 1.165) is 17.2 Å². The fourth-order valence-electron chi connectivity index (χ4n) is 2.19. The topological polar surface area (TPSA) is 54.0 Å². The van der Waals surface area contributed by atoms with Crippen molar-refractivity contribution in [2.45, 2.75) is 47.3 Å². The van der Waals surface area contributed by atoms with Gasteiger partial charge in [-0.05, 0) is 42.6 Å². The molecule has 30 heavy (non-hydrogen) atoms. The number of benzene rings is 2. The van der Waals surface area contributed by atoms with Gasteiger partial charge in [-0.3, -0.25) is 0 Å². The van der Waals surface area contributed by atoms with Gasteiger partial charge in [0.15, 0.2) is 0 Å². The summed E-state index contributed by atoms with van der Waals surface area (Å²) in [4.78, 5) is 11.9. The third kappa shape index (κ3) is 11.1. The molecule has 0 heterocycles. The molecule has 0 aliphatic heterocycles. The second-order valence-corrected chi connectivity index (χ2v) is 8.36. The Morgan fingerprint density at radius 3 is 2.23 bits per heavy atom. The van der Waals surface area contributed by atoms with Gasteiger partial charge in [0, 0.05) is 11.8 Å². The monoisotopic (exact) mass is 434 g/mol. The zero-order valence-electron chi connectivity index (χ0n) is 18.8. The molecule has 0 unspecified atom stereocenters. The van der Waals surface area contributed by atoms with Gasteiger partial charge in [0.1, 0.15) is 24.2 Å². The van der Waals surface area contributed by atoms with Crippen LogP contribution in [0.4, 0.5) is 0 Å². The number of hydrogen-bond donors (Lipinski definition) is 0. The molecule has 0 amide bonds. The van der Waals surface area contributed by atoms with E-state index >= 15 is 0 Å². The Balaban J connectivity index is 0.00000103. The van der Waals surface area contributed by atoms with Crippen molar-refractivity contribution in [1.29, 1.82) is 0 Å². The second-order valence-electron chi connectivity index (χ2n) is 7.31. The standard InChI is InChI=1S/C20H24O5S.C4H10/c1-4-26-24-13-15(2)25-19-11-17(20(21)22-3)10-18(12-19)23-14-16-8-6-5-7-9-16;1-4(2)3/h5-12,15H,4,13-14H2,1-3H3;4H,1-3H3/t15-;/m0./s1. The summed E-state index contributed by atoms with van der Waals surface area (Å²) >= 11 is 1.39. The Morgan fingerprint density at radius 2 is 1.63 bits per heavy atom. The van der Waals surface area contributed by atoms with Gasteiger partial charge in [-0.25, -0.2) is 4.79 Å². The number of carbonyl (C=O) groups is 1. The Kier molecular flexibility index (Phi) is 12.7. The molecule has 0 aliphatic carbocycles. The van der Waals surface area contributed by atoms with Crippen molar-refractivity contribution in [2.24, 2.45) is 5.92 Å². The fourth-order valence-corrected chi connectivity index (χ4v) is 2.65. The van der Waals surface area contributed by atoms with Crippen LogP contribution in [0.15, 0.2) is 48.5 Å². The summed E-state index contributed by atoms with van der Waals surface area (Å²) in [5, 5.41) is 0. The Labute approximate surface area is 185 Å². The molecule has 0 spiro atoms. The van der Waals surface area contributed by atoms with Gasteiger partial charge in [-0.15, -0.1) is 0 Å². The highest BCUT2D eigenvalue weighted by Gasteiger charge is 2.13. The third-order valence-corrected chi connectivity index (χ3v) is 3.93. The minimum Gasteiger partial charge on any atom is -0.489 e. The number of hydrogen-bond acceptors (Lipinski definition) is 6. The smallest absolute Gasteiger partial charge is 0.338 e. The SMILES string of the molecule is CC(C)C.CCSOC[C@H](C)Oc1cc(OCc2ccccc2)cc(C(=O)OC)c1. The minimum absolute atomic E-state index is 0.163. The van der Waals surface area contributed by atoms with Gasteiger partial charge in [0.25, 0.3) is 0 Å². The van der Waals surface area contributed by atoms with Crippen LogP contribution in [0.1, 0.15) is 50.5 Å². The van der Waals surface area contributed by atoms with Crippen LogP contribution in [0.5, 0.6) is 11.5 Å². The predicted molar refractivity (Wildman–Crippen MR) is 123 cm³/mol. The van der Waals surface area contributed by atoms with Crippen molar-refractivity contribution in [1.82, 2.24) is 0 Å². The molecule has 0 saturated carbocycles. The van der Waals surface area contributed by atoms with E-state index in [2.05, 4.69) is 20.8 Å². The molecule has 6 heteroatoms. The van der Waals surface area contributed by atoms with Gasteiger partial charge < -0.3 is 18.4 Å². The highest BCUT2D eigenvalue weighted by atomic mass is 32.2. The summed E-state index contributed by atoms with van der Waals surface area (Å²) in [5.41, 5.74) is 1.42. The first-order valence-electron chi connectivity index (χ1n) is 10.2. The van der Waals surface area contributed by atoms with Crippen LogP contribution < -0.4 is 9.47 Å². The van der Waals surface area contributed by atoms with Crippen molar-refractivity contribution >= 4 is 18.0 Å². The lowest BCUT2D eigenvalue weighted by atomic mass is 10.2. The summed E-state index contributed by atoms with van der Waals surface area (Å²) in [6.07, 6.45) is -0.163. The van der Waals surface area contributed by atoms with Crippen LogP contribution in [0.2, 0.25) is 0 Å². The van der Waals surface area contributed by atoms with Crippen molar-refractivity contribution in [3.63, 3.8) is 0 Å². The Morgan fingerprint density at radius 1 is 1.00 bits per heavy atom. The molecule has 0 saturated heterocycles. The first kappa shape index (κ1) is 25.9. The van der Waals surface area contributed by atoms with Crippen LogP contribution >= 0.6 is 12.0 Å². The molecule has 0 N–H and O–H groups in total. The van der Waals surface area contributed by atoms with Gasteiger partial charge in [-0.2, -0.15) is 0 Å². The average molecular weight is 435 g/mol. The Hall–Kier alpha value is -2.18. The average Bonchev–Trinajstić information content (AvgIpc) is 2.72. The molecule has 0 fully saturated rings. The molecule has 2 aromatic rings. The van der Waals surface area contributed by atoms with Crippen molar-refractivity contribution in [3.8, 4) is 11.5 Å². The molecule has 0 radical (unpaired) electrons. The van der Waals surface area contributed by atoms with Crippen molar-refractivity contribution in [3.05, 3.63) is 59.7 Å². The van der Waals surface area contributed by atoms with E-state index in [1.54, 1.807) is 18.2 Å². The second kappa shape index (κ2) is 14.7. The van der Waals surface area contributed by atoms with Crippen molar-refractivity contribution < 1.29 is 23.2 Å². The van der Waals surface area contributed by atoms with E-state index in [4.69, 9.17) is 18.4 Å². The molecular weight excluding hydrogens is 400 g/mol. The Bertz CT molecular complexity index is 731. The number of carbonyl (C=O) groups excluding carboxylic acids is 1. The summed E-state index contributed by atoms with van der Waals surface area (Å²) in [7, 11) is 1.35. The zero-order valence-corrected chi connectivity index (χ0v) is 19.7. The van der Waals surface area contributed by atoms with E-state index in [-0.39, 0.29) is 6.10 Å². The molecule has 166 valence electrons. The first-order valence-corrected chi connectivity index (χ1v) is 11.1. The van der Waals surface area contributed by atoms with E-state index in [9.17, 15) is 4.79 Å². The number of methoxy groups -OCH3 is 1. The maximum atomic E-state index is 11.9.